The third-order valence-electron chi connectivity index (χ3n) is 8.50. The number of thioether (sulfide) groups is 1. The van der Waals surface area contributed by atoms with E-state index in [2.05, 4.69) is 16.7 Å². The molecule has 0 radical (unpaired) electrons. The second-order valence-corrected chi connectivity index (χ2v) is 12.4. The van der Waals surface area contributed by atoms with Crippen molar-refractivity contribution in [2.24, 2.45) is 11.8 Å². The number of hydrogen-bond donors (Lipinski definition) is 2. The smallest absolute Gasteiger partial charge is 0.262 e. The number of amides is 2. The monoisotopic (exact) mass is 566 g/mol. The summed E-state index contributed by atoms with van der Waals surface area (Å²) in [7, 11) is 0. The van der Waals surface area contributed by atoms with Crippen LogP contribution >= 0.6 is 11.8 Å². The zero-order valence-electron chi connectivity index (χ0n) is 23.4. The average molecular weight is 567 g/mol. The molecule has 0 unspecified atom stereocenters. The van der Waals surface area contributed by atoms with Gasteiger partial charge in [0.1, 0.15) is 0 Å². The van der Waals surface area contributed by atoms with E-state index in [1.807, 2.05) is 24.3 Å². The SMILES string of the molecule is O=C(CSc1nc2ccccc2c(=O)n1CC1CCC(C(=O)NC[C@@H]2CCCO2)CC1)NCCC1=CCCCC1. The van der Waals surface area contributed by atoms with E-state index in [-0.39, 0.29) is 35.1 Å². The first kappa shape index (κ1) is 28.9. The number of hydrogen-bond acceptors (Lipinski definition) is 6. The van der Waals surface area contributed by atoms with Crippen LogP contribution in [-0.4, -0.2) is 52.9 Å². The van der Waals surface area contributed by atoms with Gasteiger partial charge in [0.2, 0.25) is 11.8 Å². The van der Waals surface area contributed by atoms with E-state index >= 15 is 0 Å². The van der Waals surface area contributed by atoms with E-state index in [1.165, 1.54) is 30.2 Å². The molecule has 0 bridgehead atoms. The van der Waals surface area contributed by atoms with Crippen molar-refractivity contribution in [1.29, 1.82) is 0 Å². The lowest BCUT2D eigenvalue weighted by atomic mass is 9.81. The van der Waals surface area contributed by atoms with Gasteiger partial charge in [0, 0.05) is 32.2 Å². The lowest BCUT2D eigenvalue weighted by molar-refractivity contribution is -0.126. The Kier molecular flexibility index (Phi) is 10.3. The first-order valence-corrected chi connectivity index (χ1v) is 16.0. The molecule has 8 nitrogen and oxygen atoms in total. The second kappa shape index (κ2) is 14.3. The van der Waals surface area contributed by atoms with Crippen LogP contribution in [0.3, 0.4) is 0 Å². The summed E-state index contributed by atoms with van der Waals surface area (Å²) in [6, 6.07) is 7.41. The third-order valence-corrected chi connectivity index (χ3v) is 9.47. The molecular weight excluding hydrogens is 524 g/mol. The highest BCUT2D eigenvalue weighted by molar-refractivity contribution is 7.99. The van der Waals surface area contributed by atoms with Crippen LogP contribution < -0.4 is 16.2 Å². The number of para-hydroxylation sites is 1. The molecule has 40 heavy (non-hydrogen) atoms. The molecule has 1 atom stereocenters. The normalized spacial score (nSPS) is 23.1. The zero-order chi connectivity index (χ0) is 27.7. The molecule has 2 fully saturated rings. The molecule has 9 heteroatoms. The molecule has 2 aliphatic carbocycles. The van der Waals surface area contributed by atoms with Crippen LogP contribution in [0.2, 0.25) is 0 Å². The molecule has 2 heterocycles. The summed E-state index contributed by atoms with van der Waals surface area (Å²) in [6.45, 7) is 2.59. The summed E-state index contributed by atoms with van der Waals surface area (Å²) >= 11 is 1.33. The third kappa shape index (κ3) is 7.75. The van der Waals surface area contributed by atoms with Gasteiger partial charge >= 0.3 is 0 Å². The van der Waals surface area contributed by atoms with Gasteiger partial charge in [0.05, 0.1) is 22.8 Å². The highest BCUT2D eigenvalue weighted by atomic mass is 32.2. The molecule has 1 aromatic carbocycles. The number of allylic oxidation sites excluding steroid dienone is 1. The highest BCUT2D eigenvalue weighted by Gasteiger charge is 2.28. The summed E-state index contributed by atoms with van der Waals surface area (Å²) in [5, 5.41) is 7.30. The van der Waals surface area contributed by atoms with Crippen LogP contribution in [0.4, 0.5) is 0 Å². The Bertz CT molecular complexity index is 1260. The second-order valence-electron chi connectivity index (χ2n) is 11.4. The maximum atomic E-state index is 13.5. The van der Waals surface area contributed by atoms with Crippen molar-refractivity contribution in [3.8, 4) is 0 Å². The molecule has 1 saturated heterocycles. The van der Waals surface area contributed by atoms with E-state index in [9.17, 15) is 14.4 Å². The van der Waals surface area contributed by atoms with Crippen molar-refractivity contribution in [3.63, 3.8) is 0 Å². The van der Waals surface area contributed by atoms with E-state index in [1.54, 1.807) is 4.57 Å². The van der Waals surface area contributed by atoms with Crippen LogP contribution in [0.1, 0.15) is 70.6 Å². The molecule has 0 spiro atoms. The number of rotatable bonds is 11. The molecule has 2 aromatic rings. The number of benzene rings is 1. The maximum Gasteiger partial charge on any atom is 0.262 e. The van der Waals surface area contributed by atoms with Crippen molar-refractivity contribution in [1.82, 2.24) is 20.2 Å². The molecule has 5 rings (SSSR count). The van der Waals surface area contributed by atoms with Gasteiger partial charge in [-0.1, -0.05) is 35.5 Å². The first-order valence-electron chi connectivity index (χ1n) is 15.0. The number of aromatic nitrogens is 2. The van der Waals surface area contributed by atoms with Crippen LogP contribution in [0.25, 0.3) is 10.9 Å². The van der Waals surface area contributed by atoms with Crippen molar-refractivity contribution in [3.05, 3.63) is 46.3 Å². The predicted molar refractivity (Wildman–Crippen MR) is 158 cm³/mol. The summed E-state index contributed by atoms with van der Waals surface area (Å²) in [4.78, 5) is 43.7. The van der Waals surface area contributed by atoms with Crippen molar-refractivity contribution >= 4 is 34.5 Å². The fourth-order valence-corrected chi connectivity index (χ4v) is 6.96. The van der Waals surface area contributed by atoms with Gasteiger partial charge in [-0.25, -0.2) is 4.98 Å². The largest absolute Gasteiger partial charge is 0.376 e. The molecule has 1 aliphatic heterocycles. The van der Waals surface area contributed by atoms with Gasteiger partial charge in [-0.3, -0.25) is 19.0 Å². The van der Waals surface area contributed by atoms with Crippen LogP contribution in [-0.2, 0) is 20.9 Å². The van der Waals surface area contributed by atoms with Crippen molar-refractivity contribution in [2.75, 3.05) is 25.4 Å². The van der Waals surface area contributed by atoms with Gasteiger partial charge in [0.25, 0.3) is 5.56 Å². The maximum absolute atomic E-state index is 13.5. The number of ether oxygens (including phenoxy) is 1. The number of carbonyl (C=O) groups is 2. The summed E-state index contributed by atoms with van der Waals surface area (Å²) in [5.74, 6) is 0.623. The molecule has 2 amide bonds. The summed E-state index contributed by atoms with van der Waals surface area (Å²) in [5.41, 5.74) is 2.04. The minimum absolute atomic E-state index is 0.0195. The number of fused-ring (bicyclic) bond motifs is 1. The summed E-state index contributed by atoms with van der Waals surface area (Å²) in [6.07, 6.45) is 13.7. The standard InChI is InChI=1S/C31H42N4O4S/c36-28(32-17-16-22-7-2-1-3-8-22)21-40-31-34-27-11-5-4-10-26(27)30(38)35(31)20-23-12-14-24(15-13-23)29(37)33-19-25-9-6-18-39-25/h4-5,7,10-11,23-25H,1-3,6,8-9,12-21H2,(H,32,36)(H,33,37)/t23?,24?,25-/m0/s1. The topological polar surface area (TPSA) is 102 Å². The van der Waals surface area contributed by atoms with E-state index < -0.39 is 0 Å². The Hall–Kier alpha value is -2.65. The van der Waals surface area contributed by atoms with Gasteiger partial charge in [-0.05, 0) is 88.7 Å². The minimum atomic E-state index is -0.0610. The number of carbonyl (C=O) groups excluding carboxylic acids is 2. The Morgan fingerprint density at radius 2 is 1.90 bits per heavy atom. The number of nitrogens with zero attached hydrogens (tertiary/aromatic N) is 2. The molecule has 3 aliphatic rings. The first-order chi connectivity index (χ1) is 19.6. The van der Waals surface area contributed by atoms with E-state index in [0.29, 0.717) is 41.6 Å². The minimum Gasteiger partial charge on any atom is -0.376 e. The highest BCUT2D eigenvalue weighted by Crippen LogP contribution is 2.31. The van der Waals surface area contributed by atoms with Crippen LogP contribution in [0.15, 0.2) is 45.9 Å². The lowest BCUT2D eigenvalue weighted by Gasteiger charge is -2.29. The lowest BCUT2D eigenvalue weighted by Crippen LogP contribution is -2.38. The fraction of sp³-hybridized carbons (Fsp3) is 0.613. The molecule has 2 N–H and O–H groups in total. The van der Waals surface area contributed by atoms with Crippen LogP contribution in [0.5, 0.6) is 0 Å². The Labute approximate surface area is 240 Å². The van der Waals surface area contributed by atoms with E-state index in [0.717, 1.165) is 64.4 Å². The van der Waals surface area contributed by atoms with Gasteiger partial charge < -0.3 is 15.4 Å². The number of nitrogens with one attached hydrogen (secondary N) is 2. The van der Waals surface area contributed by atoms with Gasteiger partial charge in [-0.15, -0.1) is 0 Å². The Morgan fingerprint density at radius 1 is 1.05 bits per heavy atom. The Balaban J connectivity index is 1.17. The van der Waals surface area contributed by atoms with Crippen LogP contribution in [0, 0.1) is 11.8 Å². The zero-order valence-corrected chi connectivity index (χ0v) is 24.2. The molecule has 1 saturated carbocycles. The summed E-state index contributed by atoms with van der Waals surface area (Å²) < 4.78 is 7.38. The predicted octanol–water partition coefficient (Wildman–Crippen LogP) is 4.60. The van der Waals surface area contributed by atoms with Gasteiger partial charge in [0.15, 0.2) is 5.16 Å². The van der Waals surface area contributed by atoms with Gasteiger partial charge in [-0.2, -0.15) is 0 Å². The molecular formula is C31H42N4O4S. The molecule has 216 valence electrons. The average Bonchev–Trinajstić information content (AvgIpc) is 3.51. The Morgan fingerprint density at radius 3 is 2.67 bits per heavy atom. The quantitative estimate of drug-likeness (QED) is 0.234. The van der Waals surface area contributed by atoms with Crippen molar-refractivity contribution in [2.45, 2.75) is 88.4 Å². The molecule has 1 aromatic heterocycles. The van der Waals surface area contributed by atoms with Crippen molar-refractivity contribution < 1.29 is 14.3 Å². The fourth-order valence-electron chi connectivity index (χ4n) is 6.12. The van der Waals surface area contributed by atoms with E-state index in [4.69, 9.17) is 9.72 Å².